The van der Waals surface area contributed by atoms with Crippen LogP contribution in [0.1, 0.15) is 53.5 Å². The van der Waals surface area contributed by atoms with E-state index >= 15 is 0 Å². The molecule has 0 aromatic carbocycles. The maximum atomic E-state index is 13.6. The molecule has 0 spiro atoms. The molecule has 1 fully saturated rings. The van der Waals surface area contributed by atoms with Crippen LogP contribution in [0, 0.1) is 0 Å². The van der Waals surface area contributed by atoms with E-state index in [9.17, 15) is 27.5 Å². The molecule has 2 heterocycles. The standard InChI is InChI=1S/C19H17Cl2F4N3O2/c20-10-3-7-26-13(9-10)15(18(30)5-1-11(22)2-6-18)28-17(29)12-4-8-27-16(14(12)21)19(23,24)25/h3-4,7-9,11,15,30H,1-2,5-6H2,(H,28,29)/t11-,15?,18-. The summed E-state index contributed by atoms with van der Waals surface area (Å²) >= 11 is 11.8. The Morgan fingerprint density at radius 2 is 1.83 bits per heavy atom. The van der Waals surface area contributed by atoms with Crippen molar-refractivity contribution in [1.29, 1.82) is 0 Å². The van der Waals surface area contributed by atoms with E-state index in [1.54, 1.807) is 0 Å². The number of aliphatic hydroxyl groups is 1. The molecule has 11 heteroatoms. The fourth-order valence-electron chi connectivity index (χ4n) is 3.46. The summed E-state index contributed by atoms with van der Waals surface area (Å²) in [5, 5.41) is 13.1. The minimum atomic E-state index is -4.85. The number of carbonyl (C=O) groups is 1. The first-order valence-corrected chi connectivity index (χ1v) is 9.77. The van der Waals surface area contributed by atoms with E-state index in [0.29, 0.717) is 0 Å². The minimum Gasteiger partial charge on any atom is -0.387 e. The number of nitrogens with one attached hydrogen (secondary N) is 1. The van der Waals surface area contributed by atoms with Crippen LogP contribution in [0.4, 0.5) is 17.6 Å². The summed E-state index contributed by atoms with van der Waals surface area (Å²) in [7, 11) is 0. The van der Waals surface area contributed by atoms with Crippen LogP contribution in [-0.4, -0.2) is 32.8 Å². The van der Waals surface area contributed by atoms with Gasteiger partial charge in [0.25, 0.3) is 5.91 Å². The molecule has 1 amide bonds. The van der Waals surface area contributed by atoms with E-state index in [-0.39, 0.29) is 36.4 Å². The summed E-state index contributed by atoms with van der Waals surface area (Å²) in [5.41, 5.74) is -3.24. The third kappa shape index (κ3) is 4.84. The van der Waals surface area contributed by atoms with Gasteiger partial charge in [-0.1, -0.05) is 23.2 Å². The van der Waals surface area contributed by atoms with Gasteiger partial charge in [0.2, 0.25) is 0 Å². The van der Waals surface area contributed by atoms with Crippen molar-refractivity contribution in [3.63, 3.8) is 0 Å². The fraction of sp³-hybridized carbons (Fsp3) is 0.421. The maximum absolute atomic E-state index is 13.6. The highest BCUT2D eigenvalue weighted by Gasteiger charge is 2.43. The largest absolute Gasteiger partial charge is 0.434 e. The van der Waals surface area contributed by atoms with Crippen LogP contribution >= 0.6 is 23.2 Å². The van der Waals surface area contributed by atoms with Crippen LogP contribution in [0.2, 0.25) is 10.0 Å². The van der Waals surface area contributed by atoms with Crippen LogP contribution in [-0.2, 0) is 6.18 Å². The molecule has 1 unspecified atom stereocenters. The third-order valence-electron chi connectivity index (χ3n) is 5.04. The van der Waals surface area contributed by atoms with Crippen molar-refractivity contribution in [1.82, 2.24) is 15.3 Å². The molecule has 1 aliphatic carbocycles. The van der Waals surface area contributed by atoms with Gasteiger partial charge in [-0.05, 0) is 43.9 Å². The monoisotopic (exact) mass is 465 g/mol. The SMILES string of the molecule is O=C(NC(c1cc(Cl)ccn1)[C@]1(O)CC[C@H](F)CC1)c1ccnc(C(F)(F)F)c1Cl. The zero-order valence-corrected chi connectivity index (χ0v) is 16.9. The van der Waals surface area contributed by atoms with Crippen molar-refractivity contribution in [2.75, 3.05) is 0 Å². The van der Waals surface area contributed by atoms with Gasteiger partial charge in [0.05, 0.1) is 21.9 Å². The smallest absolute Gasteiger partial charge is 0.387 e. The molecule has 162 valence electrons. The first-order valence-electron chi connectivity index (χ1n) is 9.02. The lowest BCUT2D eigenvalue weighted by molar-refractivity contribution is -0.141. The average molecular weight is 466 g/mol. The summed E-state index contributed by atoms with van der Waals surface area (Å²) in [6.07, 6.45) is -3.58. The van der Waals surface area contributed by atoms with Gasteiger partial charge >= 0.3 is 6.18 Å². The highest BCUT2D eigenvalue weighted by Crippen LogP contribution is 2.40. The van der Waals surface area contributed by atoms with Gasteiger partial charge in [-0.15, -0.1) is 0 Å². The molecule has 3 rings (SSSR count). The van der Waals surface area contributed by atoms with Crippen LogP contribution in [0.3, 0.4) is 0 Å². The zero-order chi connectivity index (χ0) is 22.1. The number of hydrogen-bond donors (Lipinski definition) is 2. The molecule has 0 saturated heterocycles. The molecule has 30 heavy (non-hydrogen) atoms. The van der Waals surface area contributed by atoms with E-state index in [0.717, 1.165) is 12.3 Å². The number of carbonyl (C=O) groups excluding carboxylic acids is 1. The molecule has 5 nitrogen and oxygen atoms in total. The number of nitrogens with zero attached hydrogens (tertiary/aromatic N) is 2. The van der Waals surface area contributed by atoms with Crippen LogP contribution in [0.25, 0.3) is 0 Å². The van der Waals surface area contributed by atoms with E-state index < -0.39 is 46.2 Å². The van der Waals surface area contributed by atoms with E-state index in [4.69, 9.17) is 23.2 Å². The predicted molar refractivity (Wildman–Crippen MR) is 102 cm³/mol. The van der Waals surface area contributed by atoms with Crippen molar-refractivity contribution in [3.8, 4) is 0 Å². The molecular weight excluding hydrogens is 449 g/mol. The van der Waals surface area contributed by atoms with Crippen LogP contribution in [0.5, 0.6) is 0 Å². The molecule has 0 aliphatic heterocycles. The molecule has 0 bridgehead atoms. The number of hydrogen-bond acceptors (Lipinski definition) is 4. The van der Waals surface area contributed by atoms with Gasteiger partial charge in [0.1, 0.15) is 12.2 Å². The van der Waals surface area contributed by atoms with E-state index in [1.165, 1.54) is 18.3 Å². The number of rotatable bonds is 4. The van der Waals surface area contributed by atoms with Crippen molar-refractivity contribution < 1.29 is 27.5 Å². The third-order valence-corrected chi connectivity index (χ3v) is 5.65. The van der Waals surface area contributed by atoms with E-state index in [2.05, 4.69) is 15.3 Å². The Hall–Kier alpha value is -1.97. The molecule has 1 aliphatic rings. The topological polar surface area (TPSA) is 75.1 Å². The molecule has 0 radical (unpaired) electrons. The number of amides is 1. The highest BCUT2D eigenvalue weighted by atomic mass is 35.5. The molecular formula is C19H17Cl2F4N3O2. The Bertz CT molecular complexity index is 934. The van der Waals surface area contributed by atoms with Gasteiger partial charge in [-0.3, -0.25) is 14.8 Å². The average Bonchev–Trinajstić information content (AvgIpc) is 2.67. The van der Waals surface area contributed by atoms with Gasteiger partial charge in [-0.25, -0.2) is 4.39 Å². The lowest BCUT2D eigenvalue weighted by atomic mass is 9.77. The lowest BCUT2D eigenvalue weighted by Gasteiger charge is -2.40. The second-order valence-electron chi connectivity index (χ2n) is 7.10. The minimum absolute atomic E-state index is 0.0190. The van der Waals surface area contributed by atoms with Crippen molar-refractivity contribution in [2.24, 2.45) is 0 Å². The summed E-state index contributed by atoms with van der Waals surface area (Å²) < 4.78 is 52.8. The molecule has 1 atom stereocenters. The number of aromatic nitrogens is 2. The van der Waals surface area contributed by atoms with Crippen molar-refractivity contribution in [2.45, 2.75) is 49.7 Å². The predicted octanol–water partition coefficient (Wildman–Crippen LogP) is 4.92. The van der Waals surface area contributed by atoms with E-state index in [1.807, 2.05) is 0 Å². The fourth-order valence-corrected chi connectivity index (χ4v) is 3.93. The van der Waals surface area contributed by atoms with Crippen molar-refractivity contribution >= 4 is 29.1 Å². The lowest BCUT2D eigenvalue weighted by Crippen LogP contribution is -2.49. The Labute approximate surface area is 179 Å². The van der Waals surface area contributed by atoms with Gasteiger partial charge in [-0.2, -0.15) is 13.2 Å². The number of halogens is 6. The Morgan fingerprint density at radius 1 is 1.20 bits per heavy atom. The Morgan fingerprint density at radius 3 is 2.43 bits per heavy atom. The second-order valence-corrected chi connectivity index (χ2v) is 7.92. The summed E-state index contributed by atoms with van der Waals surface area (Å²) in [6, 6.07) is 2.80. The number of alkyl halides is 4. The summed E-state index contributed by atoms with van der Waals surface area (Å²) in [5.74, 6) is -0.963. The zero-order valence-electron chi connectivity index (χ0n) is 15.4. The quantitative estimate of drug-likeness (QED) is 0.628. The molecule has 1 saturated carbocycles. The van der Waals surface area contributed by atoms with Gasteiger partial charge in [0.15, 0.2) is 5.69 Å². The van der Waals surface area contributed by atoms with Gasteiger partial charge in [0, 0.05) is 17.4 Å². The highest BCUT2D eigenvalue weighted by molar-refractivity contribution is 6.34. The Balaban J connectivity index is 1.97. The van der Waals surface area contributed by atoms with Gasteiger partial charge < -0.3 is 10.4 Å². The van der Waals surface area contributed by atoms with Crippen molar-refractivity contribution in [3.05, 3.63) is 57.6 Å². The first-order chi connectivity index (χ1) is 14.0. The summed E-state index contributed by atoms with van der Waals surface area (Å²) in [6.45, 7) is 0. The molecule has 2 aromatic rings. The van der Waals surface area contributed by atoms with Crippen LogP contribution < -0.4 is 5.32 Å². The van der Waals surface area contributed by atoms with Crippen LogP contribution in [0.15, 0.2) is 30.6 Å². The summed E-state index contributed by atoms with van der Waals surface area (Å²) in [4.78, 5) is 20.1. The molecule has 2 N–H and O–H groups in total. The Kier molecular flexibility index (Phi) is 6.54. The number of pyridine rings is 2. The first kappa shape index (κ1) is 22.7. The molecule has 2 aromatic heterocycles. The normalized spacial score (nSPS) is 23.1. The maximum Gasteiger partial charge on any atom is 0.434 e. The second kappa shape index (κ2) is 8.64.